The molecule has 1 amide bonds. The summed E-state index contributed by atoms with van der Waals surface area (Å²) in [5, 5.41) is 2.91. The number of esters is 1. The number of ether oxygens (including phenoxy) is 1. The van der Waals surface area contributed by atoms with E-state index in [0.29, 0.717) is 6.42 Å². The second-order valence-electron chi connectivity index (χ2n) is 6.66. The van der Waals surface area contributed by atoms with Crippen molar-refractivity contribution in [2.45, 2.75) is 25.3 Å². The zero-order valence-corrected chi connectivity index (χ0v) is 13.5. The topological polar surface area (TPSA) is 72.5 Å². The van der Waals surface area contributed by atoms with E-state index < -0.39 is 28.6 Å². The van der Waals surface area contributed by atoms with Gasteiger partial charge in [0.15, 0.2) is 5.41 Å². The van der Waals surface area contributed by atoms with Crippen molar-refractivity contribution in [2.24, 2.45) is 17.3 Å². The zero-order chi connectivity index (χ0) is 16.9. The first kappa shape index (κ1) is 15.1. The number of rotatable bonds is 3. The molecule has 1 saturated carbocycles. The second kappa shape index (κ2) is 5.03. The Bertz CT molecular complexity index is 756. The Hall–Kier alpha value is -2.43. The standard InChI is InChI=1S/C19H19NO4/c1-2-24-17(23)18-12-8-10-14(11-9-12)19(18,20-16(22)15(18)21)13-6-4-3-5-7-13/h3-8,10,12,14H,2,9,11H2,1H3,(H,20,22)/t12-,14+,18+,19+/m0/s1. The number of amides is 1. The van der Waals surface area contributed by atoms with Crippen molar-refractivity contribution in [1.82, 2.24) is 5.32 Å². The first-order chi connectivity index (χ1) is 11.6. The third-order valence-corrected chi connectivity index (χ3v) is 5.80. The van der Waals surface area contributed by atoms with Crippen LogP contribution in [0.3, 0.4) is 0 Å². The lowest BCUT2D eigenvalue weighted by molar-refractivity contribution is -0.173. The molecule has 2 fully saturated rings. The summed E-state index contributed by atoms with van der Waals surface area (Å²) in [5.41, 5.74) is -1.76. The molecule has 0 radical (unpaired) electrons. The smallest absolute Gasteiger partial charge is 0.323 e. The Labute approximate surface area is 140 Å². The molecule has 3 aliphatic carbocycles. The molecule has 5 nitrogen and oxygen atoms in total. The number of Topliss-reactive ketones (excluding diaryl/α,β-unsaturated/α-hetero) is 1. The Balaban J connectivity index is 2.03. The summed E-state index contributed by atoms with van der Waals surface area (Å²) >= 11 is 0. The molecule has 1 aromatic rings. The van der Waals surface area contributed by atoms with E-state index in [4.69, 9.17) is 4.74 Å². The molecule has 4 aliphatic rings. The van der Waals surface area contributed by atoms with Gasteiger partial charge in [-0.3, -0.25) is 14.4 Å². The first-order valence-corrected chi connectivity index (χ1v) is 8.37. The second-order valence-corrected chi connectivity index (χ2v) is 6.66. The SMILES string of the molecule is CCOC(=O)[C@@]12C(=O)C(=O)N[C@]1(c1ccccc1)[C@@H]1C=C[C@H]2CC1. The van der Waals surface area contributed by atoms with Gasteiger partial charge >= 0.3 is 5.97 Å². The Morgan fingerprint density at radius 3 is 2.46 bits per heavy atom. The number of allylic oxidation sites excluding steroid dienone is 1. The molecule has 2 bridgehead atoms. The van der Waals surface area contributed by atoms with Gasteiger partial charge in [0.25, 0.3) is 5.91 Å². The minimum atomic E-state index is -1.50. The van der Waals surface area contributed by atoms with Crippen LogP contribution in [-0.4, -0.2) is 24.3 Å². The van der Waals surface area contributed by atoms with Crippen LogP contribution in [0.5, 0.6) is 0 Å². The molecule has 1 saturated heterocycles. The number of fused-ring (bicyclic) bond motifs is 1. The molecule has 5 heteroatoms. The Morgan fingerprint density at radius 2 is 1.83 bits per heavy atom. The molecule has 4 atom stereocenters. The number of carbonyl (C=O) groups is 3. The highest BCUT2D eigenvalue weighted by molar-refractivity contribution is 6.45. The maximum atomic E-state index is 13.1. The van der Waals surface area contributed by atoms with Gasteiger partial charge in [-0.25, -0.2) is 0 Å². The van der Waals surface area contributed by atoms with E-state index in [2.05, 4.69) is 5.32 Å². The van der Waals surface area contributed by atoms with Crippen LogP contribution in [0.25, 0.3) is 0 Å². The Kier molecular flexibility index (Phi) is 3.17. The van der Waals surface area contributed by atoms with E-state index in [1.54, 1.807) is 6.92 Å². The lowest BCUT2D eigenvalue weighted by Gasteiger charge is -2.55. The van der Waals surface area contributed by atoms with Crippen LogP contribution in [0.1, 0.15) is 25.3 Å². The summed E-state index contributed by atoms with van der Waals surface area (Å²) in [6.45, 7) is 1.89. The van der Waals surface area contributed by atoms with Crippen molar-refractivity contribution >= 4 is 17.7 Å². The fourth-order valence-corrected chi connectivity index (χ4v) is 4.94. The average Bonchev–Trinajstić information content (AvgIpc) is 2.88. The van der Waals surface area contributed by atoms with Crippen LogP contribution in [0, 0.1) is 17.3 Å². The quantitative estimate of drug-likeness (QED) is 0.397. The third kappa shape index (κ3) is 1.52. The summed E-state index contributed by atoms with van der Waals surface area (Å²) in [4.78, 5) is 38.5. The summed E-state index contributed by atoms with van der Waals surface area (Å²) < 4.78 is 5.32. The van der Waals surface area contributed by atoms with Crippen molar-refractivity contribution < 1.29 is 19.1 Å². The van der Waals surface area contributed by atoms with Gasteiger partial charge in [-0.15, -0.1) is 0 Å². The van der Waals surface area contributed by atoms with Crippen molar-refractivity contribution in [3.8, 4) is 0 Å². The fraction of sp³-hybridized carbons (Fsp3) is 0.421. The number of carbonyl (C=O) groups excluding carboxylic acids is 3. The van der Waals surface area contributed by atoms with Gasteiger partial charge in [0.1, 0.15) is 0 Å². The van der Waals surface area contributed by atoms with E-state index >= 15 is 0 Å². The molecular weight excluding hydrogens is 306 g/mol. The summed E-state index contributed by atoms with van der Waals surface area (Å²) in [5.74, 6) is -2.37. The average molecular weight is 325 g/mol. The molecule has 1 aliphatic heterocycles. The summed E-state index contributed by atoms with van der Waals surface area (Å²) in [7, 11) is 0. The summed E-state index contributed by atoms with van der Waals surface area (Å²) in [6, 6.07) is 9.35. The normalized spacial score (nSPS) is 36.4. The van der Waals surface area contributed by atoms with Crippen LogP contribution in [0.15, 0.2) is 42.5 Å². The molecule has 1 heterocycles. The molecule has 0 aromatic heterocycles. The molecule has 1 N–H and O–H groups in total. The van der Waals surface area contributed by atoms with E-state index in [1.807, 2.05) is 42.5 Å². The monoisotopic (exact) mass is 325 g/mol. The molecular formula is C19H19NO4. The van der Waals surface area contributed by atoms with Gasteiger partial charge in [0, 0.05) is 11.8 Å². The number of hydrogen-bond donors (Lipinski definition) is 1. The molecule has 124 valence electrons. The molecule has 24 heavy (non-hydrogen) atoms. The van der Waals surface area contributed by atoms with E-state index in [0.717, 1.165) is 12.0 Å². The van der Waals surface area contributed by atoms with Gasteiger partial charge < -0.3 is 10.1 Å². The highest BCUT2D eigenvalue weighted by Gasteiger charge is 2.77. The number of nitrogens with one attached hydrogen (secondary N) is 1. The molecule has 0 unspecified atom stereocenters. The minimum Gasteiger partial charge on any atom is -0.465 e. The predicted octanol–water partition coefficient (Wildman–Crippen LogP) is 1.73. The molecule has 5 rings (SSSR count). The fourth-order valence-electron chi connectivity index (χ4n) is 4.94. The number of benzene rings is 1. The number of ketones is 1. The third-order valence-electron chi connectivity index (χ3n) is 5.80. The van der Waals surface area contributed by atoms with Gasteiger partial charge in [0.2, 0.25) is 5.78 Å². The zero-order valence-electron chi connectivity index (χ0n) is 13.5. The largest absolute Gasteiger partial charge is 0.465 e. The van der Waals surface area contributed by atoms with Gasteiger partial charge in [0.05, 0.1) is 12.1 Å². The van der Waals surface area contributed by atoms with Gasteiger partial charge in [-0.1, -0.05) is 42.5 Å². The molecule has 0 spiro atoms. The van der Waals surface area contributed by atoms with E-state index in [9.17, 15) is 14.4 Å². The lowest BCUT2D eigenvalue weighted by atomic mass is 9.47. The highest BCUT2D eigenvalue weighted by Crippen LogP contribution is 2.63. The van der Waals surface area contributed by atoms with Gasteiger partial charge in [-0.05, 0) is 25.3 Å². The first-order valence-electron chi connectivity index (χ1n) is 8.37. The van der Waals surface area contributed by atoms with Gasteiger partial charge in [-0.2, -0.15) is 0 Å². The highest BCUT2D eigenvalue weighted by atomic mass is 16.5. The van der Waals surface area contributed by atoms with Crippen molar-refractivity contribution in [1.29, 1.82) is 0 Å². The molecule has 1 aromatic carbocycles. The number of hydrogen-bond acceptors (Lipinski definition) is 4. The maximum absolute atomic E-state index is 13.1. The van der Waals surface area contributed by atoms with Crippen molar-refractivity contribution in [2.75, 3.05) is 6.61 Å². The van der Waals surface area contributed by atoms with E-state index in [1.165, 1.54) is 0 Å². The van der Waals surface area contributed by atoms with Crippen LogP contribution in [0.4, 0.5) is 0 Å². The van der Waals surface area contributed by atoms with Crippen LogP contribution in [0.2, 0.25) is 0 Å². The summed E-state index contributed by atoms with van der Waals surface area (Å²) in [6.07, 6.45) is 5.49. The van der Waals surface area contributed by atoms with E-state index in [-0.39, 0.29) is 18.4 Å². The van der Waals surface area contributed by atoms with Crippen molar-refractivity contribution in [3.63, 3.8) is 0 Å². The van der Waals surface area contributed by atoms with Crippen LogP contribution >= 0.6 is 0 Å². The van der Waals surface area contributed by atoms with Crippen LogP contribution < -0.4 is 5.32 Å². The van der Waals surface area contributed by atoms with Crippen LogP contribution in [-0.2, 0) is 24.7 Å². The Morgan fingerprint density at radius 1 is 1.17 bits per heavy atom. The minimum absolute atomic E-state index is 0.107. The maximum Gasteiger partial charge on any atom is 0.323 e. The lowest BCUT2D eigenvalue weighted by Crippen LogP contribution is -2.66. The predicted molar refractivity (Wildman–Crippen MR) is 85.7 cm³/mol. The van der Waals surface area contributed by atoms with Crippen molar-refractivity contribution in [3.05, 3.63) is 48.0 Å².